The Kier molecular flexibility index (Phi) is 5.71. The van der Waals surface area contributed by atoms with Gasteiger partial charge in [0.05, 0.1) is 31.3 Å². The molecule has 28 heavy (non-hydrogen) atoms. The lowest BCUT2D eigenvalue weighted by Crippen LogP contribution is -2.51. The Balaban J connectivity index is 1.40. The molecule has 154 valence electrons. The third kappa shape index (κ3) is 3.95. The highest BCUT2D eigenvalue weighted by Gasteiger charge is 2.39. The molecule has 4 rings (SSSR count). The fourth-order valence-corrected chi connectivity index (χ4v) is 5.25. The van der Waals surface area contributed by atoms with Gasteiger partial charge in [0, 0.05) is 44.6 Å². The van der Waals surface area contributed by atoms with Crippen molar-refractivity contribution in [2.45, 2.75) is 29.9 Å². The first-order chi connectivity index (χ1) is 13.5. The summed E-state index contributed by atoms with van der Waals surface area (Å²) >= 11 is 0. The van der Waals surface area contributed by atoms with Gasteiger partial charge >= 0.3 is 0 Å². The standard InChI is InChI=1S/C19H26N2O6S/c22-18(20-8-6-19(7-9-20)26-12-1-13-27-19)16-2-4-17(5-3-16)28(23,24)21-10-14-25-15-11-21/h2-5H,1,6-15H2. The van der Waals surface area contributed by atoms with Crippen molar-refractivity contribution in [2.24, 2.45) is 0 Å². The molecule has 3 fully saturated rings. The molecule has 0 bridgehead atoms. The van der Waals surface area contributed by atoms with E-state index in [0.717, 1.165) is 6.42 Å². The predicted octanol–water partition coefficient (Wildman–Crippen LogP) is 1.08. The van der Waals surface area contributed by atoms with Gasteiger partial charge in [-0.2, -0.15) is 4.31 Å². The van der Waals surface area contributed by atoms with E-state index in [1.165, 1.54) is 16.4 Å². The summed E-state index contributed by atoms with van der Waals surface area (Å²) in [4.78, 5) is 14.8. The summed E-state index contributed by atoms with van der Waals surface area (Å²) in [6.07, 6.45) is 2.22. The van der Waals surface area contributed by atoms with Crippen molar-refractivity contribution in [1.82, 2.24) is 9.21 Å². The number of morpholine rings is 1. The number of hydrogen-bond donors (Lipinski definition) is 0. The summed E-state index contributed by atoms with van der Waals surface area (Å²) in [5, 5.41) is 0. The Morgan fingerprint density at radius 3 is 2.11 bits per heavy atom. The molecule has 8 nitrogen and oxygen atoms in total. The summed E-state index contributed by atoms with van der Waals surface area (Å²) in [7, 11) is -3.55. The summed E-state index contributed by atoms with van der Waals surface area (Å²) < 4.78 is 43.6. The Morgan fingerprint density at radius 2 is 1.50 bits per heavy atom. The van der Waals surface area contributed by atoms with Crippen molar-refractivity contribution in [1.29, 1.82) is 0 Å². The molecule has 0 aromatic heterocycles. The quantitative estimate of drug-likeness (QED) is 0.741. The Morgan fingerprint density at radius 1 is 0.893 bits per heavy atom. The lowest BCUT2D eigenvalue weighted by molar-refractivity contribution is -0.281. The van der Waals surface area contributed by atoms with Crippen molar-refractivity contribution in [3.8, 4) is 0 Å². The molecule has 0 atom stereocenters. The molecule has 1 aromatic carbocycles. The SMILES string of the molecule is O=C(c1ccc(S(=O)(=O)N2CCOCC2)cc1)N1CCC2(CC1)OCCCO2. The molecule has 9 heteroatoms. The van der Waals surface area contributed by atoms with Gasteiger partial charge in [-0.3, -0.25) is 4.79 Å². The number of ether oxygens (including phenoxy) is 3. The maximum absolute atomic E-state index is 12.8. The van der Waals surface area contributed by atoms with Crippen LogP contribution in [-0.4, -0.2) is 81.9 Å². The van der Waals surface area contributed by atoms with Gasteiger partial charge < -0.3 is 19.1 Å². The maximum atomic E-state index is 12.8. The molecule has 1 aromatic rings. The lowest BCUT2D eigenvalue weighted by atomic mass is 10.0. The van der Waals surface area contributed by atoms with Crippen molar-refractivity contribution < 1.29 is 27.4 Å². The molecule has 1 spiro atoms. The first-order valence-corrected chi connectivity index (χ1v) is 11.2. The number of likely N-dealkylation sites (tertiary alicyclic amines) is 1. The van der Waals surface area contributed by atoms with Crippen LogP contribution in [-0.2, 0) is 24.2 Å². The van der Waals surface area contributed by atoms with E-state index in [-0.39, 0.29) is 10.8 Å². The highest BCUT2D eigenvalue weighted by atomic mass is 32.2. The van der Waals surface area contributed by atoms with Crippen LogP contribution in [0.25, 0.3) is 0 Å². The lowest BCUT2D eigenvalue weighted by Gasteiger charge is -2.43. The van der Waals surface area contributed by atoms with E-state index < -0.39 is 15.8 Å². The molecule has 3 saturated heterocycles. The number of benzene rings is 1. The molecule has 0 aliphatic carbocycles. The van der Waals surface area contributed by atoms with Crippen molar-refractivity contribution in [3.05, 3.63) is 29.8 Å². The number of piperidine rings is 1. The van der Waals surface area contributed by atoms with Crippen LogP contribution in [0.1, 0.15) is 29.6 Å². The highest BCUT2D eigenvalue weighted by molar-refractivity contribution is 7.89. The molecule has 3 aliphatic rings. The van der Waals surface area contributed by atoms with Gasteiger partial charge in [-0.1, -0.05) is 0 Å². The van der Waals surface area contributed by atoms with Crippen LogP contribution in [0.4, 0.5) is 0 Å². The van der Waals surface area contributed by atoms with Gasteiger partial charge in [-0.25, -0.2) is 8.42 Å². The van der Waals surface area contributed by atoms with Gasteiger partial charge in [0.15, 0.2) is 5.79 Å². The second-order valence-corrected chi connectivity index (χ2v) is 9.23. The number of hydrogen-bond acceptors (Lipinski definition) is 6. The van der Waals surface area contributed by atoms with Gasteiger partial charge in [0.1, 0.15) is 0 Å². The molecule has 3 aliphatic heterocycles. The average Bonchev–Trinajstić information content (AvgIpc) is 2.75. The first-order valence-electron chi connectivity index (χ1n) is 9.75. The number of amides is 1. The van der Waals surface area contributed by atoms with Gasteiger partial charge in [-0.15, -0.1) is 0 Å². The maximum Gasteiger partial charge on any atom is 0.253 e. The average molecular weight is 410 g/mol. The monoisotopic (exact) mass is 410 g/mol. The fraction of sp³-hybridized carbons (Fsp3) is 0.632. The minimum Gasteiger partial charge on any atom is -0.379 e. The zero-order chi connectivity index (χ0) is 19.6. The van der Waals surface area contributed by atoms with Crippen molar-refractivity contribution in [2.75, 3.05) is 52.6 Å². The minimum atomic E-state index is -3.55. The van der Waals surface area contributed by atoms with Crippen LogP contribution in [0.15, 0.2) is 29.2 Å². The molecule has 0 unspecified atom stereocenters. The number of sulfonamides is 1. The van der Waals surface area contributed by atoms with Crippen LogP contribution >= 0.6 is 0 Å². The molecule has 1 amide bonds. The minimum absolute atomic E-state index is 0.0963. The van der Waals surface area contributed by atoms with E-state index in [2.05, 4.69) is 0 Å². The summed E-state index contributed by atoms with van der Waals surface area (Å²) in [6.45, 7) is 4.03. The second-order valence-electron chi connectivity index (χ2n) is 7.29. The van der Waals surface area contributed by atoms with E-state index in [0.29, 0.717) is 71.0 Å². The van der Waals surface area contributed by atoms with Gasteiger partial charge in [0.25, 0.3) is 5.91 Å². The van der Waals surface area contributed by atoms with E-state index in [1.807, 2.05) is 0 Å². The highest BCUT2D eigenvalue weighted by Crippen LogP contribution is 2.31. The van der Waals surface area contributed by atoms with E-state index in [1.54, 1.807) is 17.0 Å². The second kappa shape index (κ2) is 8.08. The summed E-state index contributed by atoms with van der Waals surface area (Å²) in [6, 6.07) is 6.20. The largest absolute Gasteiger partial charge is 0.379 e. The molecular weight excluding hydrogens is 384 g/mol. The van der Waals surface area contributed by atoms with Crippen molar-refractivity contribution >= 4 is 15.9 Å². The van der Waals surface area contributed by atoms with E-state index in [4.69, 9.17) is 14.2 Å². The smallest absolute Gasteiger partial charge is 0.253 e. The van der Waals surface area contributed by atoms with Crippen LogP contribution in [0, 0.1) is 0 Å². The fourth-order valence-electron chi connectivity index (χ4n) is 3.84. The molecular formula is C19H26N2O6S. The van der Waals surface area contributed by atoms with Crippen LogP contribution < -0.4 is 0 Å². The molecule has 0 saturated carbocycles. The van der Waals surface area contributed by atoms with Crippen LogP contribution in [0.5, 0.6) is 0 Å². The number of carbonyl (C=O) groups excluding carboxylic acids is 1. The summed E-state index contributed by atoms with van der Waals surface area (Å²) in [5.41, 5.74) is 0.488. The number of rotatable bonds is 3. The third-order valence-electron chi connectivity index (χ3n) is 5.54. The molecule has 0 N–H and O–H groups in total. The topological polar surface area (TPSA) is 85.4 Å². The zero-order valence-electron chi connectivity index (χ0n) is 15.8. The first kappa shape index (κ1) is 19.8. The van der Waals surface area contributed by atoms with Crippen molar-refractivity contribution in [3.63, 3.8) is 0 Å². The summed E-state index contributed by atoms with van der Waals surface area (Å²) in [5.74, 6) is -0.633. The number of nitrogens with zero attached hydrogens (tertiary/aromatic N) is 2. The molecule has 0 radical (unpaired) electrons. The zero-order valence-corrected chi connectivity index (χ0v) is 16.7. The van der Waals surface area contributed by atoms with Gasteiger partial charge in [0.2, 0.25) is 10.0 Å². The predicted molar refractivity (Wildman–Crippen MR) is 100 cm³/mol. The van der Waals surface area contributed by atoms with E-state index in [9.17, 15) is 13.2 Å². The van der Waals surface area contributed by atoms with Crippen LogP contribution in [0.2, 0.25) is 0 Å². The van der Waals surface area contributed by atoms with Gasteiger partial charge in [-0.05, 0) is 30.7 Å². The third-order valence-corrected chi connectivity index (χ3v) is 7.45. The van der Waals surface area contributed by atoms with Crippen LogP contribution in [0.3, 0.4) is 0 Å². The normalized spacial score (nSPS) is 23.6. The Labute approximate surface area is 165 Å². The van der Waals surface area contributed by atoms with E-state index >= 15 is 0 Å². The Bertz CT molecular complexity index is 788. The molecule has 3 heterocycles. The number of carbonyl (C=O) groups is 1. The Hall–Kier alpha value is -1.52.